The zero-order valence-electron chi connectivity index (χ0n) is 15.3. The third-order valence-electron chi connectivity index (χ3n) is 5.18. The summed E-state index contributed by atoms with van der Waals surface area (Å²) in [4.78, 5) is 0. The van der Waals surface area contributed by atoms with Gasteiger partial charge in [0.2, 0.25) is 0 Å². The van der Waals surface area contributed by atoms with Crippen molar-refractivity contribution < 1.29 is 9.30 Å². The lowest BCUT2D eigenvalue weighted by Crippen LogP contribution is -2.45. The van der Waals surface area contributed by atoms with Gasteiger partial charge in [0.15, 0.2) is 11.9 Å². The molecule has 0 radical (unpaired) electrons. The van der Waals surface area contributed by atoms with E-state index in [1.165, 1.54) is 38.3 Å². The molecule has 1 aliphatic heterocycles. The Bertz CT molecular complexity index is 999. The van der Waals surface area contributed by atoms with Gasteiger partial charge >= 0.3 is 0 Å². The lowest BCUT2D eigenvalue weighted by Gasteiger charge is -2.24. The molecule has 0 saturated carbocycles. The molecule has 2 nitrogen and oxygen atoms in total. The predicted octanol–water partition coefficient (Wildman–Crippen LogP) is 4.60. The Labute approximate surface area is 144 Å². The van der Waals surface area contributed by atoms with Gasteiger partial charge < -0.3 is 4.74 Å². The number of hydrogen-bond acceptors (Lipinski definition) is 1. The Morgan fingerprint density at radius 3 is 2.46 bits per heavy atom. The van der Waals surface area contributed by atoms with E-state index in [1.54, 1.807) is 0 Å². The normalized spacial score (nSPS) is 12.9. The lowest BCUT2D eigenvalue weighted by molar-refractivity contribution is -0.659. The van der Waals surface area contributed by atoms with Crippen LogP contribution >= 0.6 is 0 Å². The Kier molecular flexibility index (Phi) is 3.16. The van der Waals surface area contributed by atoms with Gasteiger partial charge in [-0.05, 0) is 42.5 Å². The van der Waals surface area contributed by atoms with E-state index in [1.807, 2.05) is 0 Å². The number of hydrogen-bond donors (Lipinski definition) is 0. The number of aromatic nitrogens is 1. The number of ether oxygens (including phenoxy) is 1. The van der Waals surface area contributed by atoms with Crippen LogP contribution in [0, 0.1) is 13.8 Å². The maximum absolute atomic E-state index is 6.36. The lowest BCUT2D eigenvalue weighted by atomic mass is 9.91. The second-order valence-corrected chi connectivity index (χ2v) is 13.0. The summed E-state index contributed by atoms with van der Waals surface area (Å²) in [5, 5.41) is 3.92. The van der Waals surface area contributed by atoms with Crippen LogP contribution in [0.25, 0.3) is 22.0 Å². The van der Waals surface area contributed by atoms with E-state index in [2.05, 4.69) is 81.6 Å². The van der Waals surface area contributed by atoms with E-state index in [4.69, 9.17) is 4.74 Å². The van der Waals surface area contributed by atoms with Crippen molar-refractivity contribution in [2.24, 2.45) is 7.05 Å². The van der Waals surface area contributed by atoms with E-state index >= 15 is 0 Å². The first-order valence-electron chi connectivity index (χ1n) is 8.52. The number of nitrogens with zero attached hydrogens (tertiary/aromatic N) is 1. The van der Waals surface area contributed by atoms with Crippen molar-refractivity contribution in [1.29, 1.82) is 0 Å². The second-order valence-electron chi connectivity index (χ2n) is 7.95. The van der Waals surface area contributed by atoms with E-state index < -0.39 is 8.07 Å². The Morgan fingerprint density at radius 1 is 1.00 bits per heavy atom. The summed E-state index contributed by atoms with van der Waals surface area (Å²) in [5.74, 6) is 1.97. The van der Waals surface area contributed by atoms with Crippen molar-refractivity contribution in [2.75, 3.05) is 0 Å². The highest BCUT2D eigenvalue weighted by Crippen LogP contribution is 2.46. The molecule has 0 atom stereocenters. The molecule has 0 saturated heterocycles. The molecule has 0 amide bonds. The van der Waals surface area contributed by atoms with Crippen LogP contribution in [0.2, 0.25) is 19.6 Å². The van der Waals surface area contributed by atoms with Crippen molar-refractivity contribution in [3.63, 3.8) is 0 Å². The van der Waals surface area contributed by atoms with Crippen molar-refractivity contribution in [1.82, 2.24) is 0 Å². The topological polar surface area (TPSA) is 13.1 Å². The van der Waals surface area contributed by atoms with Gasteiger partial charge in [0.05, 0.1) is 13.6 Å². The van der Waals surface area contributed by atoms with Gasteiger partial charge in [-0.2, -0.15) is 4.57 Å². The van der Waals surface area contributed by atoms with E-state index in [-0.39, 0.29) is 0 Å². The summed E-state index contributed by atoms with van der Waals surface area (Å²) in [6, 6.07) is 10.9. The zero-order chi connectivity index (χ0) is 17.2. The van der Waals surface area contributed by atoms with Crippen LogP contribution < -0.4 is 14.5 Å². The highest BCUT2D eigenvalue weighted by molar-refractivity contribution is 6.88. The molecule has 0 fully saturated rings. The Hall–Kier alpha value is -2.13. The van der Waals surface area contributed by atoms with Gasteiger partial charge in [-0.1, -0.05) is 37.8 Å². The minimum Gasteiger partial charge on any atom is -0.450 e. The summed E-state index contributed by atoms with van der Waals surface area (Å²) in [7, 11) is 0.743. The first-order chi connectivity index (χ1) is 11.3. The number of benzene rings is 2. The quantitative estimate of drug-likeness (QED) is 0.366. The highest BCUT2D eigenvalue weighted by Gasteiger charge is 2.32. The summed E-state index contributed by atoms with van der Waals surface area (Å²) < 4.78 is 8.63. The van der Waals surface area contributed by atoms with Crippen LogP contribution in [0.4, 0.5) is 0 Å². The molecule has 0 unspecified atom stereocenters. The average Bonchev–Trinajstić information content (AvgIpc) is 2.50. The monoisotopic (exact) mass is 334 g/mol. The molecular weight excluding hydrogens is 310 g/mol. The fraction of sp³-hybridized carbons (Fsp3) is 0.286. The van der Waals surface area contributed by atoms with Crippen LogP contribution in [0.5, 0.6) is 11.5 Å². The van der Waals surface area contributed by atoms with Gasteiger partial charge in [-0.25, -0.2) is 0 Å². The fourth-order valence-electron chi connectivity index (χ4n) is 3.64. The third kappa shape index (κ3) is 2.11. The molecule has 0 spiro atoms. The zero-order valence-corrected chi connectivity index (χ0v) is 16.3. The van der Waals surface area contributed by atoms with Crippen molar-refractivity contribution in [2.45, 2.75) is 33.5 Å². The van der Waals surface area contributed by atoms with E-state index in [0.29, 0.717) is 0 Å². The summed E-state index contributed by atoms with van der Waals surface area (Å²) in [6.07, 6.45) is 2.30. The molecule has 3 aromatic rings. The summed E-state index contributed by atoms with van der Waals surface area (Å²) in [5.41, 5.74) is 5.20. The molecule has 2 heterocycles. The average molecular weight is 335 g/mol. The highest BCUT2D eigenvalue weighted by atomic mass is 28.3. The van der Waals surface area contributed by atoms with Crippen LogP contribution in [-0.2, 0) is 7.05 Å². The molecule has 122 valence electrons. The van der Waals surface area contributed by atoms with Crippen LogP contribution in [0.1, 0.15) is 11.1 Å². The molecule has 0 bridgehead atoms. The molecule has 1 aromatic heterocycles. The number of rotatable bonds is 1. The Morgan fingerprint density at radius 2 is 1.75 bits per heavy atom. The SMILES string of the molecule is Cc1cc2cccc3c2c(c1C)-c1c(cc([Si](C)(C)C)c[n+]1C)O3. The minimum atomic E-state index is -1.40. The first-order valence-corrected chi connectivity index (χ1v) is 12.0. The molecule has 2 aromatic carbocycles. The predicted molar refractivity (Wildman–Crippen MR) is 103 cm³/mol. The van der Waals surface area contributed by atoms with Crippen LogP contribution in [0.3, 0.4) is 0 Å². The van der Waals surface area contributed by atoms with Crippen LogP contribution in [-0.4, -0.2) is 8.07 Å². The van der Waals surface area contributed by atoms with Gasteiger partial charge in [0, 0.05) is 10.6 Å². The second kappa shape index (κ2) is 4.93. The largest absolute Gasteiger partial charge is 0.450 e. The minimum absolute atomic E-state index is 0.978. The van der Waals surface area contributed by atoms with E-state index in [9.17, 15) is 0 Å². The standard InChI is InChI=1S/C21H24NOSi/c1-13-10-15-8-7-9-17-20(15)19(14(13)2)21-18(23-17)11-16(12-22(21)3)24(4,5)6/h7-12H,1-6H3/q+1. The van der Waals surface area contributed by atoms with Gasteiger partial charge in [0.1, 0.15) is 12.8 Å². The van der Waals surface area contributed by atoms with Crippen molar-refractivity contribution in [3.05, 3.63) is 47.7 Å². The van der Waals surface area contributed by atoms with E-state index in [0.717, 1.165) is 11.5 Å². The summed E-state index contributed by atoms with van der Waals surface area (Å²) in [6.45, 7) is 11.6. The van der Waals surface area contributed by atoms with Gasteiger partial charge in [0.25, 0.3) is 5.69 Å². The first kappa shape index (κ1) is 15.4. The molecule has 24 heavy (non-hydrogen) atoms. The maximum Gasteiger partial charge on any atom is 0.256 e. The summed E-state index contributed by atoms with van der Waals surface area (Å²) >= 11 is 0. The van der Waals surface area contributed by atoms with Crippen molar-refractivity contribution >= 4 is 24.0 Å². The molecule has 0 N–H and O–H groups in total. The number of fused-ring (bicyclic) bond motifs is 2. The molecule has 3 heteroatoms. The number of aryl methyl sites for hydroxylation is 2. The molecular formula is C21H24NOSi+. The van der Waals surface area contributed by atoms with Gasteiger partial charge in [-0.3, -0.25) is 0 Å². The van der Waals surface area contributed by atoms with Crippen LogP contribution in [0.15, 0.2) is 36.5 Å². The Balaban J connectivity index is 2.14. The smallest absolute Gasteiger partial charge is 0.256 e. The molecule has 4 rings (SSSR count). The number of pyridine rings is 1. The third-order valence-corrected chi connectivity index (χ3v) is 7.18. The maximum atomic E-state index is 6.36. The molecule has 1 aliphatic rings. The fourth-order valence-corrected chi connectivity index (χ4v) is 4.79. The van der Waals surface area contributed by atoms with Crippen molar-refractivity contribution in [3.8, 4) is 22.8 Å². The molecule has 0 aliphatic carbocycles. The van der Waals surface area contributed by atoms with Gasteiger partial charge in [-0.15, -0.1) is 0 Å².